The number of aromatic nitrogens is 1. The number of sulfonamides is 1. The van der Waals surface area contributed by atoms with E-state index in [0.29, 0.717) is 11.4 Å². The number of methoxy groups -OCH3 is 1. The van der Waals surface area contributed by atoms with Gasteiger partial charge in [-0.3, -0.25) is 4.79 Å². The lowest BCUT2D eigenvalue weighted by atomic mass is 10.3. The number of anilines is 1. The van der Waals surface area contributed by atoms with Crippen LogP contribution >= 0.6 is 11.3 Å². The Morgan fingerprint density at radius 1 is 1.35 bits per heavy atom. The molecule has 7 nitrogen and oxygen atoms in total. The number of carboxylic acid groups (broad SMARTS) is 1. The van der Waals surface area contributed by atoms with E-state index in [9.17, 15) is 13.2 Å². The van der Waals surface area contributed by atoms with E-state index in [1.807, 2.05) is 0 Å². The summed E-state index contributed by atoms with van der Waals surface area (Å²) in [6, 6.07) is 6.06. The smallest absolute Gasteiger partial charge is 0.309 e. The van der Waals surface area contributed by atoms with Crippen molar-refractivity contribution in [2.75, 3.05) is 18.0 Å². The van der Waals surface area contributed by atoms with E-state index < -0.39 is 16.0 Å². The van der Waals surface area contributed by atoms with Crippen LogP contribution in [0.15, 0.2) is 34.5 Å². The fraction of sp³-hybridized carbons (Fsp3) is 0.286. The lowest BCUT2D eigenvalue weighted by Crippen LogP contribution is -2.30. The van der Waals surface area contributed by atoms with E-state index in [0.717, 1.165) is 15.6 Å². The number of hydrogen-bond donors (Lipinski definition) is 1. The van der Waals surface area contributed by atoms with Gasteiger partial charge in [0.2, 0.25) is 0 Å². The van der Waals surface area contributed by atoms with Crippen molar-refractivity contribution in [2.24, 2.45) is 0 Å². The summed E-state index contributed by atoms with van der Waals surface area (Å²) in [5.41, 5.74) is 0.334. The van der Waals surface area contributed by atoms with Crippen LogP contribution < -0.4 is 9.04 Å². The molecule has 2 rings (SSSR count). The second kappa shape index (κ2) is 6.97. The standard InChI is InChI=1S/C14H16N2O5S2/c1-3-16(14-15-10(9-22-14)8-13(17)18)23(19,20)12-6-4-11(21-2)5-7-12/h4-7,9H,3,8H2,1-2H3,(H,17,18). The third kappa shape index (κ3) is 3.80. The number of ether oxygens (including phenoxy) is 1. The molecule has 9 heteroatoms. The van der Waals surface area contributed by atoms with E-state index in [1.54, 1.807) is 24.4 Å². The number of nitrogens with zero attached hydrogens (tertiary/aromatic N) is 2. The number of hydrogen-bond acceptors (Lipinski definition) is 6. The molecule has 1 aromatic carbocycles. The first-order valence-corrected chi connectivity index (χ1v) is 9.03. The highest BCUT2D eigenvalue weighted by Gasteiger charge is 2.26. The van der Waals surface area contributed by atoms with Crippen molar-refractivity contribution < 1.29 is 23.1 Å². The van der Waals surface area contributed by atoms with Gasteiger partial charge in [0.25, 0.3) is 10.0 Å². The molecular weight excluding hydrogens is 340 g/mol. The Kier molecular flexibility index (Phi) is 5.22. The van der Waals surface area contributed by atoms with Crippen molar-refractivity contribution in [3.05, 3.63) is 35.3 Å². The molecule has 0 saturated heterocycles. The Morgan fingerprint density at radius 3 is 2.52 bits per heavy atom. The Morgan fingerprint density at radius 2 is 2.00 bits per heavy atom. The van der Waals surface area contributed by atoms with Gasteiger partial charge in [0.1, 0.15) is 5.75 Å². The van der Waals surface area contributed by atoms with Gasteiger partial charge in [0, 0.05) is 11.9 Å². The first kappa shape index (κ1) is 17.2. The lowest BCUT2D eigenvalue weighted by molar-refractivity contribution is -0.136. The van der Waals surface area contributed by atoms with Gasteiger partial charge in [-0.25, -0.2) is 17.7 Å². The van der Waals surface area contributed by atoms with Crippen molar-refractivity contribution in [1.29, 1.82) is 0 Å². The minimum atomic E-state index is -3.77. The maximum Gasteiger partial charge on any atom is 0.309 e. The molecule has 1 N–H and O–H groups in total. The van der Waals surface area contributed by atoms with Crippen LogP contribution in [0.1, 0.15) is 12.6 Å². The number of carboxylic acids is 1. The van der Waals surface area contributed by atoms with Crippen LogP contribution in [0.25, 0.3) is 0 Å². The molecule has 0 radical (unpaired) electrons. The molecule has 0 aliphatic carbocycles. The minimum absolute atomic E-state index is 0.120. The molecule has 0 aliphatic rings. The van der Waals surface area contributed by atoms with E-state index in [1.165, 1.54) is 19.2 Å². The summed E-state index contributed by atoms with van der Waals surface area (Å²) in [7, 11) is -2.26. The van der Waals surface area contributed by atoms with Crippen molar-refractivity contribution in [2.45, 2.75) is 18.2 Å². The van der Waals surface area contributed by atoms with Crippen LogP contribution in [0, 0.1) is 0 Å². The van der Waals surface area contributed by atoms with Gasteiger partial charge in [-0.05, 0) is 31.2 Å². The molecule has 0 saturated carbocycles. The van der Waals surface area contributed by atoms with Gasteiger partial charge in [-0.1, -0.05) is 0 Å². The fourth-order valence-corrected chi connectivity index (χ4v) is 4.47. The Bertz CT molecular complexity index is 784. The molecule has 0 spiro atoms. The number of aliphatic carboxylic acids is 1. The molecule has 0 aliphatic heterocycles. The topological polar surface area (TPSA) is 96.8 Å². The van der Waals surface area contributed by atoms with Gasteiger partial charge < -0.3 is 9.84 Å². The number of benzene rings is 1. The fourth-order valence-electron chi connectivity index (χ4n) is 1.93. The zero-order valence-corrected chi connectivity index (χ0v) is 14.2. The van der Waals surface area contributed by atoms with E-state index in [4.69, 9.17) is 9.84 Å². The van der Waals surface area contributed by atoms with Gasteiger partial charge in [0.15, 0.2) is 5.13 Å². The monoisotopic (exact) mass is 356 g/mol. The molecule has 1 heterocycles. The Balaban J connectivity index is 2.34. The van der Waals surface area contributed by atoms with E-state index in [-0.39, 0.29) is 23.0 Å². The largest absolute Gasteiger partial charge is 0.497 e. The summed E-state index contributed by atoms with van der Waals surface area (Å²) in [6.45, 7) is 1.88. The highest BCUT2D eigenvalue weighted by Crippen LogP contribution is 2.27. The maximum atomic E-state index is 12.7. The third-order valence-corrected chi connectivity index (χ3v) is 5.93. The van der Waals surface area contributed by atoms with Crippen LogP contribution in [-0.2, 0) is 21.2 Å². The van der Waals surface area contributed by atoms with Gasteiger partial charge >= 0.3 is 5.97 Å². The number of rotatable bonds is 7. The normalized spacial score (nSPS) is 11.2. The zero-order chi connectivity index (χ0) is 17.0. The Hall–Kier alpha value is -2.13. The molecule has 124 valence electrons. The van der Waals surface area contributed by atoms with E-state index >= 15 is 0 Å². The second-order valence-corrected chi connectivity index (χ2v) is 7.24. The Labute approximate surface area is 138 Å². The quantitative estimate of drug-likeness (QED) is 0.815. The van der Waals surface area contributed by atoms with Gasteiger partial charge in [-0.2, -0.15) is 0 Å². The highest BCUT2D eigenvalue weighted by atomic mass is 32.2. The molecule has 2 aromatic rings. The minimum Gasteiger partial charge on any atom is -0.497 e. The van der Waals surface area contributed by atoms with Crippen molar-refractivity contribution in [3.63, 3.8) is 0 Å². The predicted molar refractivity (Wildman–Crippen MR) is 86.7 cm³/mol. The predicted octanol–water partition coefficient (Wildman–Crippen LogP) is 1.99. The van der Waals surface area contributed by atoms with Crippen molar-refractivity contribution in [3.8, 4) is 5.75 Å². The number of carbonyl (C=O) groups is 1. The summed E-state index contributed by atoms with van der Waals surface area (Å²) in [5, 5.41) is 10.6. The molecule has 0 amide bonds. The van der Waals surface area contributed by atoms with Crippen LogP contribution in [0.2, 0.25) is 0 Å². The molecule has 1 aromatic heterocycles. The van der Waals surface area contributed by atoms with Crippen molar-refractivity contribution in [1.82, 2.24) is 4.98 Å². The van der Waals surface area contributed by atoms with Crippen LogP contribution in [0.5, 0.6) is 5.75 Å². The first-order valence-electron chi connectivity index (χ1n) is 6.71. The first-order chi connectivity index (χ1) is 10.9. The maximum absolute atomic E-state index is 12.7. The summed E-state index contributed by atoms with van der Waals surface area (Å²) in [6.07, 6.45) is -0.239. The van der Waals surface area contributed by atoms with Gasteiger partial charge in [-0.15, -0.1) is 11.3 Å². The molecule has 0 bridgehead atoms. The third-order valence-electron chi connectivity index (χ3n) is 3.02. The molecule has 0 fully saturated rings. The summed E-state index contributed by atoms with van der Waals surface area (Å²) < 4.78 is 31.6. The summed E-state index contributed by atoms with van der Waals surface area (Å²) in [4.78, 5) is 14.9. The SMILES string of the molecule is CCN(c1nc(CC(=O)O)cs1)S(=O)(=O)c1ccc(OC)cc1. The van der Waals surface area contributed by atoms with Gasteiger partial charge in [0.05, 0.1) is 24.1 Å². The average molecular weight is 356 g/mol. The zero-order valence-electron chi connectivity index (χ0n) is 12.6. The summed E-state index contributed by atoms with van der Waals surface area (Å²) in [5.74, 6) is -0.451. The molecular formula is C14H16N2O5S2. The summed E-state index contributed by atoms with van der Waals surface area (Å²) >= 11 is 1.10. The molecule has 0 atom stereocenters. The van der Waals surface area contributed by atoms with E-state index in [2.05, 4.69) is 4.98 Å². The highest BCUT2D eigenvalue weighted by molar-refractivity contribution is 7.93. The van der Waals surface area contributed by atoms with Crippen molar-refractivity contribution >= 4 is 32.5 Å². The average Bonchev–Trinajstić information content (AvgIpc) is 2.95. The molecule has 23 heavy (non-hydrogen) atoms. The lowest BCUT2D eigenvalue weighted by Gasteiger charge is -2.19. The number of thiazole rings is 1. The van der Waals surface area contributed by atoms with Crippen LogP contribution in [0.4, 0.5) is 5.13 Å². The van der Waals surface area contributed by atoms with Crippen LogP contribution in [0.3, 0.4) is 0 Å². The molecule has 0 unspecified atom stereocenters. The van der Waals surface area contributed by atoms with Crippen LogP contribution in [-0.4, -0.2) is 38.1 Å². The second-order valence-electron chi connectivity index (χ2n) is 4.54.